The molecule has 84 valence electrons. The monoisotopic (exact) mass is 212 g/mol. The fraction of sp³-hybridized carbons (Fsp3) is 0.375. The van der Waals surface area contributed by atoms with Crippen LogP contribution in [-0.4, -0.2) is 0 Å². The zero-order valence-corrected chi connectivity index (χ0v) is 10.0. The third-order valence-corrected chi connectivity index (χ3v) is 3.53. The summed E-state index contributed by atoms with van der Waals surface area (Å²) >= 11 is 0. The molecule has 3 atom stereocenters. The quantitative estimate of drug-likeness (QED) is 0.591. The van der Waals surface area contributed by atoms with Gasteiger partial charge in [0.25, 0.3) is 0 Å². The van der Waals surface area contributed by atoms with Gasteiger partial charge >= 0.3 is 0 Å². The van der Waals surface area contributed by atoms with Gasteiger partial charge in [-0.05, 0) is 36.2 Å². The SMILES string of the molecule is C=C/C=C(\C=C)C(C)CC1=CC2CC2C=C1. The third-order valence-electron chi connectivity index (χ3n) is 3.53. The van der Waals surface area contributed by atoms with E-state index in [4.69, 9.17) is 0 Å². The number of fused-ring (bicyclic) bond motifs is 1. The lowest BCUT2D eigenvalue weighted by Gasteiger charge is -2.14. The van der Waals surface area contributed by atoms with Crippen LogP contribution in [0.15, 0.2) is 60.8 Å². The summed E-state index contributed by atoms with van der Waals surface area (Å²) in [5.74, 6) is 2.24. The van der Waals surface area contributed by atoms with Gasteiger partial charge < -0.3 is 0 Å². The first kappa shape index (κ1) is 11.2. The summed E-state index contributed by atoms with van der Waals surface area (Å²) in [7, 11) is 0. The highest BCUT2D eigenvalue weighted by Crippen LogP contribution is 2.45. The van der Waals surface area contributed by atoms with E-state index >= 15 is 0 Å². The molecule has 0 aromatic carbocycles. The highest BCUT2D eigenvalue weighted by atomic mass is 14.4. The fourth-order valence-electron chi connectivity index (χ4n) is 2.40. The normalized spacial score (nSPS) is 29.1. The summed E-state index contributed by atoms with van der Waals surface area (Å²) < 4.78 is 0. The third kappa shape index (κ3) is 2.44. The van der Waals surface area contributed by atoms with E-state index in [2.05, 4.69) is 44.4 Å². The highest BCUT2D eigenvalue weighted by Gasteiger charge is 2.34. The summed E-state index contributed by atoms with van der Waals surface area (Å²) in [5.41, 5.74) is 2.77. The largest absolute Gasteiger partial charge is 0.0991 e. The summed E-state index contributed by atoms with van der Waals surface area (Å²) in [6.07, 6.45) is 15.5. The van der Waals surface area contributed by atoms with Crippen molar-refractivity contribution < 1.29 is 0 Å². The molecule has 3 unspecified atom stereocenters. The van der Waals surface area contributed by atoms with Gasteiger partial charge in [-0.2, -0.15) is 0 Å². The molecule has 2 rings (SSSR count). The van der Waals surface area contributed by atoms with Crippen LogP contribution >= 0.6 is 0 Å². The minimum absolute atomic E-state index is 0.529. The molecule has 1 saturated carbocycles. The molecule has 0 aromatic heterocycles. The topological polar surface area (TPSA) is 0 Å². The molecular formula is C16H20. The van der Waals surface area contributed by atoms with Crippen molar-refractivity contribution in [3.63, 3.8) is 0 Å². The van der Waals surface area contributed by atoms with Crippen LogP contribution in [-0.2, 0) is 0 Å². The lowest BCUT2D eigenvalue weighted by molar-refractivity contribution is 0.690. The molecule has 0 amide bonds. The Morgan fingerprint density at radius 1 is 1.50 bits per heavy atom. The Balaban J connectivity index is 1.98. The van der Waals surface area contributed by atoms with E-state index in [-0.39, 0.29) is 0 Å². The Morgan fingerprint density at radius 2 is 2.31 bits per heavy atom. The van der Waals surface area contributed by atoms with E-state index < -0.39 is 0 Å². The van der Waals surface area contributed by atoms with E-state index in [0.717, 1.165) is 18.3 Å². The van der Waals surface area contributed by atoms with Gasteiger partial charge in [-0.25, -0.2) is 0 Å². The van der Waals surface area contributed by atoms with Gasteiger partial charge in [0.15, 0.2) is 0 Å². The molecule has 0 aliphatic heterocycles. The lowest BCUT2D eigenvalue weighted by Crippen LogP contribution is -2.00. The second kappa shape index (κ2) is 4.69. The van der Waals surface area contributed by atoms with Gasteiger partial charge in [0, 0.05) is 0 Å². The number of allylic oxidation sites excluding steroid dienone is 8. The summed E-state index contributed by atoms with van der Waals surface area (Å²) in [6.45, 7) is 9.86. The predicted molar refractivity (Wildman–Crippen MR) is 71.1 cm³/mol. The number of hydrogen-bond donors (Lipinski definition) is 0. The van der Waals surface area contributed by atoms with E-state index in [1.807, 2.05) is 12.2 Å². The Labute approximate surface area is 98.8 Å². The maximum atomic E-state index is 3.86. The number of rotatable bonds is 5. The molecule has 0 aromatic rings. The minimum atomic E-state index is 0.529. The Hall–Kier alpha value is -1.30. The summed E-state index contributed by atoms with van der Waals surface area (Å²) in [4.78, 5) is 0. The van der Waals surface area contributed by atoms with Crippen LogP contribution in [0.3, 0.4) is 0 Å². The van der Waals surface area contributed by atoms with Crippen molar-refractivity contribution in [2.24, 2.45) is 17.8 Å². The fourth-order valence-corrected chi connectivity index (χ4v) is 2.40. The Kier molecular flexibility index (Phi) is 3.28. The first-order valence-electron chi connectivity index (χ1n) is 6.08. The van der Waals surface area contributed by atoms with Gasteiger partial charge in [0.1, 0.15) is 0 Å². The van der Waals surface area contributed by atoms with E-state index in [1.165, 1.54) is 17.6 Å². The predicted octanol–water partition coefficient (Wildman–Crippen LogP) is 4.44. The molecule has 16 heavy (non-hydrogen) atoms. The van der Waals surface area contributed by atoms with Crippen molar-refractivity contribution in [1.82, 2.24) is 0 Å². The highest BCUT2D eigenvalue weighted by molar-refractivity contribution is 5.33. The maximum Gasteiger partial charge on any atom is -0.0150 e. The molecule has 0 heterocycles. The molecule has 0 radical (unpaired) electrons. The smallest absolute Gasteiger partial charge is 0.0150 e. The van der Waals surface area contributed by atoms with Crippen molar-refractivity contribution in [2.45, 2.75) is 19.8 Å². The first-order chi connectivity index (χ1) is 7.74. The average molecular weight is 212 g/mol. The van der Waals surface area contributed by atoms with E-state index in [9.17, 15) is 0 Å². The van der Waals surface area contributed by atoms with Crippen molar-refractivity contribution in [3.05, 3.63) is 60.8 Å². The van der Waals surface area contributed by atoms with E-state index in [0.29, 0.717) is 5.92 Å². The zero-order valence-electron chi connectivity index (χ0n) is 10.0. The second-order valence-corrected chi connectivity index (χ2v) is 4.88. The van der Waals surface area contributed by atoms with Crippen LogP contribution in [0.1, 0.15) is 19.8 Å². The average Bonchev–Trinajstić information content (AvgIpc) is 3.03. The van der Waals surface area contributed by atoms with Crippen LogP contribution in [0.25, 0.3) is 0 Å². The van der Waals surface area contributed by atoms with Gasteiger partial charge in [-0.15, -0.1) is 0 Å². The van der Waals surface area contributed by atoms with Gasteiger partial charge in [-0.1, -0.05) is 62.1 Å². The van der Waals surface area contributed by atoms with Gasteiger partial charge in [0.2, 0.25) is 0 Å². The number of hydrogen-bond acceptors (Lipinski definition) is 0. The molecule has 2 aliphatic carbocycles. The zero-order chi connectivity index (χ0) is 11.5. The summed E-state index contributed by atoms with van der Waals surface area (Å²) in [6, 6.07) is 0. The standard InChI is InChI=1S/C16H20/c1-4-6-14(5-2)12(3)9-13-7-8-15-11-16(15)10-13/h4-8,10,12,15-16H,1-2,9,11H2,3H3/b14-6+. The molecule has 0 bridgehead atoms. The van der Waals surface area contributed by atoms with Crippen molar-refractivity contribution in [1.29, 1.82) is 0 Å². The van der Waals surface area contributed by atoms with Gasteiger partial charge in [-0.3, -0.25) is 0 Å². The molecule has 0 heteroatoms. The summed E-state index contributed by atoms with van der Waals surface area (Å²) in [5, 5.41) is 0. The molecular weight excluding hydrogens is 192 g/mol. The molecule has 1 fully saturated rings. The minimum Gasteiger partial charge on any atom is -0.0991 e. The maximum absolute atomic E-state index is 3.86. The first-order valence-corrected chi connectivity index (χ1v) is 6.08. The Morgan fingerprint density at radius 3 is 2.94 bits per heavy atom. The molecule has 0 nitrogen and oxygen atoms in total. The van der Waals surface area contributed by atoms with Crippen LogP contribution < -0.4 is 0 Å². The Bertz CT molecular complexity index is 379. The van der Waals surface area contributed by atoms with Gasteiger partial charge in [0.05, 0.1) is 0 Å². The lowest BCUT2D eigenvalue weighted by atomic mass is 9.91. The van der Waals surface area contributed by atoms with Crippen LogP contribution in [0.5, 0.6) is 0 Å². The second-order valence-electron chi connectivity index (χ2n) is 4.88. The molecule has 2 aliphatic rings. The van der Waals surface area contributed by atoms with Crippen LogP contribution in [0.4, 0.5) is 0 Å². The van der Waals surface area contributed by atoms with Crippen molar-refractivity contribution >= 4 is 0 Å². The van der Waals surface area contributed by atoms with Crippen molar-refractivity contribution in [3.8, 4) is 0 Å². The molecule has 0 saturated heterocycles. The van der Waals surface area contributed by atoms with Crippen molar-refractivity contribution in [2.75, 3.05) is 0 Å². The van der Waals surface area contributed by atoms with E-state index in [1.54, 1.807) is 0 Å². The van der Waals surface area contributed by atoms with Crippen LogP contribution in [0.2, 0.25) is 0 Å². The van der Waals surface area contributed by atoms with Crippen LogP contribution in [0, 0.1) is 17.8 Å². The molecule has 0 spiro atoms. The molecule has 0 N–H and O–H groups in total.